The van der Waals surface area contributed by atoms with Crippen molar-refractivity contribution in [1.29, 1.82) is 0 Å². The zero-order chi connectivity index (χ0) is 26.0. The highest BCUT2D eigenvalue weighted by molar-refractivity contribution is 6.30. The molecule has 7 heteroatoms. The summed E-state index contributed by atoms with van der Waals surface area (Å²) in [7, 11) is 0. The summed E-state index contributed by atoms with van der Waals surface area (Å²) in [6, 6.07) is 15.1. The van der Waals surface area contributed by atoms with Gasteiger partial charge in [-0.3, -0.25) is 14.2 Å². The Hall–Kier alpha value is -3.12. The Labute approximate surface area is 218 Å². The highest BCUT2D eigenvalue weighted by Gasteiger charge is 2.37. The van der Waals surface area contributed by atoms with Crippen molar-refractivity contribution < 1.29 is 19.1 Å². The van der Waals surface area contributed by atoms with Crippen molar-refractivity contribution in [2.24, 2.45) is 5.41 Å². The van der Waals surface area contributed by atoms with Crippen molar-refractivity contribution in [2.45, 2.75) is 65.5 Å². The van der Waals surface area contributed by atoms with Gasteiger partial charge in [0.2, 0.25) is 12.0 Å². The third-order valence-corrected chi connectivity index (χ3v) is 6.30. The summed E-state index contributed by atoms with van der Waals surface area (Å²) in [6.07, 6.45) is 9.53. The van der Waals surface area contributed by atoms with Gasteiger partial charge in [-0.25, -0.2) is 4.98 Å². The number of nitrogens with zero attached hydrogens (tertiary/aromatic N) is 2. The molecule has 0 aliphatic carbocycles. The lowest BCUT2D eigenvalue weighted by atomic mass is 9.88. The standard InChI is InChI=1S/C29H35ClN2O4/c1-4-5-6-7-8-9-26(33)35-20-29(2,3)27(34)28(32-19-18-31-21-32)36-25-16-12-23(13-17-25)22-10-14-24(30)15-11-22/h10-19,21,28H,4-9,20H2,1-3H3. The fourth-order valence-corrected chi connectivity index (χ4v) is 3.89. The molecule has 0 fully saturated rings. The molecule has 1 unspecified atom stereocenters. The van der Waals surface area contributed by atoms with E-state index in [4.69, 9.17) is 21.1 Å². The second kappa shape index (κ2) is 13.3. The number of Topliss-reactive ketones (excluding diaryl/α,β-unsaturated/α-hetero) is 1. The van der Waals surface area contributed by atoms with Crippen LogP contribution in [0.3, 0.4) is 0 Å². The van der Waals surface area contributed by atoms with E-state index < -0.39 is 11.6 Å². The molecule has 0 aliphatic heterocycles. The molecule has 0 saturated carbocycles. The second-order valence-electron chi connectivity index (χ2n) is 9.58. The van der Waals surface area contributed by atoms with Gasteiger partial charge in [0, 0.05) is 23.8 Å². The van der Waals surface area contributed by atoms with Gasteiger partial charge in [-0.2, -0.15) is 0 Å². The lowest BCUT2D eigenvalue weighted by Crippen LogP contribution is -2.39. The molecule has 1 heterocycles. The Morgan fingerprint density at radius 2 is 1.61 bits per heavy atom. The van der Waals surface area contributed by atoms with Gasteiger partial charge in [-0.05, 0) is 55.7 Å². The average molecular weight is 511 g/mol. The third kappa shape index (κ3) is 7.95. The van der Waals surface area contributed by atoms with Gasteiger partial charge in [-0.15, -0.1) is 0 Å². The fourth-order valence-electron chi connectivity index (χ4n) is 3.77. The van der Waals surface area contributed by atoms with Crippen molar-refractivity contribution in [3.63, 3.8) is 0 Å². The van der Waals surface area contributed by atoms with E-state index >= 15 is 0 Å². The summed E-state index contributed by atoms with van der Waals surface area (Å²) in [5.41, 5.74) is 1.09. The van der Waals surface area contributed by atoms with Crippen LogP contribution in [0.2, 0.25) is 5.02 Å². The van der Waals surface area contributed by atoms with Gasteiger partial charge in [-0.1, -0.05) is 68.5 Å². The normalized spacial score (nSPS) is 12.2. The Balaban J connectivity index is 1.64. The zero-order valence-electron chi connectivity index (χ0n) is 21.3. The molecule has 3 aromatic rings. The predicted octanol–water partition coefficient (Wildman–Crippen LogP) is 7.28. The summed E-state index contributed by atoms with van der Waals surface area (Å²) in [5, 5.41) is 0.681. The largest absolute Gasteiger partial charge is 0.465 e. The highest BCUT2D eigenvalue weighted by Crippen LogP contribution is 2.30. The number of ether oxygens (including phenoxy) is 2. The van der Waals surface area contributed by atoms with Crippen LogP contribution in [-0.4, -0.2) is 27.9 Å². The number of aromatic nitrogens is 2. The first-order chi connectivity index (χ1) is 17.3. The molecule has 0 bridgehead atoms. The molecular weight excluding hydrogens is 476 g/mol. The number of carbonyl (C=O) groups excluding carboxylic acids is 2. The van der Waals surface area contributed by atoms with Gasteiger partial charge in [0.05, 0.1) is 11.7 Å². The van der Waals surface area contributed by atoms with Crippen LogP contribution in [0.15, 0.2) is 67.3 Å². The Morgan fingerprint density at radius 3 is 2.22 bits per heavy atom. The average Bonchev–Trinajstić information content (AvgIpc) is 3.41. The molecule has 36 heavy (non-hydrogen) atoms. The molecule has 0 saturated heterocycles. The van der Waals surface area contributed by atoms with Crippen molar-refractivity contribution in [3.8, 4) is 16.9 Å². The van der Waals surface area contributed by atoms with Crippen LogP contribution in [0.5, 0.6) is 5.75 Å². The van der Waals surface area contributed by atoms with Crippen LogP contribution in [0.1, 0.15) is 65.5 Å². The molecule has 6 nitrogen and oxygen atoms in total. The Morgan fingerprint density at radius 1 is 0.972 bits per heavy atom. The SMILES string of the molecule is CCCCCCCC(=O)OCC(C)(C)C(=O)C(Oc1ccc(-c2ccc(Cl)cc2)cc1)n1ccnc1. The number of carbonyl (C=O) groups is 2. The van der Waals surface area contributed by atoms with Gasteiger partial charge in [0.25, 0.3) is 0 Å². The molecule has 0 N–H and O–H groups in total. The molecule has 1 aromatic heterocycles. The first-order valence-electron chi connectivity index (χ1n) is 12.5. The highest BCUT2D eigenvalue weighted by atomic mass is 35.5. The molecule has 0 radical (unpaired) electrons. The van der Waals surface area contributed by atoms with E-state index in [1.807, 2.05) is 48.5 Å². The van der Waals surface area contributed by atoms with E-state index in [2.05, 4.69) is 11.9 Å². The van der Waals surface area contributed by atoms with Gasteiger partial charge in [0.1, 0.15) is 12.4 Å². The molecule has 0 aliphatic rings. The van der Waals surface area contributed by atoms with Gasteiger partial charge < -0.3 is 9.47 Å². The number of halogens is 1. The predicted molar refractivity (Wildman–Crippen MR) is 142 cm³/mol. The van der Waals surface area contributed by atoms with Crippen molar-refractivity contribution >= 4 is 23.4 Å². The molecule has 0 amide bonds. The number of ketones is 1. The van der Waals surface area contributed by atoms with Crippen LogP contribution in [0.4, 0.5) is 0 Å². The quantitative estimate of drug-likeness (QED) is 0.168. The van der Waals surface area contributed by atoms with Gasteiger partial charge >= 0.3 is 5.97 Å². The summed E-state index contributed by atoms with van der Waals surface area (Å²) in [4.78, 5) is 29.8. The molecule has 2 aromatic carbocycles. The Bertz CT molecular complexity index is 1090. The summed E-state index contributed by atoms with van der Waals surface area (Å²) in [5.74, 6) is 0.0583. The van der Waals surface area contributed by atoms with E-state index in [-0.39, 0.29) is 18.4 Å². The Kier molecular flexibility index (Phi) is 10.1. The van der Waals surface area contributed by atoms with Crippen LogP contribution in [0.25, 0.3) is 11.1 Å². The topological polar surface area (TPSA) is 70.4 Å². The van der Waals surface area contributed by atoms with Crippen LogP contribution in [-0.2, 0) is 14.3 Å². The maximum atomic E-state index is 13.6. The molecule has 192 valence electrons. The smallest absolute Gasteiger partial charge is 0.305 e. The van der Waals surface area contributed by atoms with Crippen molar-refractivity contribution in [2.75, 3.05) is 6.61 Å². The molecule has 0 spiro atoms. The minimum absolute atomic E-state index is 0.0102. The summed E-state index contributed by atoms with van der Waals surface area (Å²) in [6.45, 7) is 5.68. The maximum absolute atomic E-state index is 13.6. The van der Waals surface area contributed by atoms with Crippen molar-refractivity contribution in [3.05, 3.63) is 72.3 Å². The number of unbranched alkanes of at least 4 members (excludes halogenated alkanes) is 4. The van der Waals surface area contributed by atoms with Gasteiger partial charge in [0.15, 0.2) is 0 Å². The molecular formula is C29H35ClN2O4. The van der Waals surface area contributed by atoms with Crippen LogP contribution >= 0.6 is 11.6 Å². The van der Waals surface area contributed by atoms with Crippen LogP contribution < -0.4 is 4.74 Å². The summed E-state index contributed by atoms with van der Waals surface area (Å²) < 4.78 is 13.2. The number of hydrogen-bond acceptors (Lipinski definition) is 5. The number of rotatable bonds is 14. The lowest BCUT2D eigenvalue weighted by Gasteiger charge is -2.28. The number of esters is 1. The van der Waals surface area contributed by atoms with E-state index in [1.54, 1.807) is 37.1 Å². The minimum Gasteiger partial charge on any atom is -0.465 e. The number of benzene rings is 2. The molecule has 1 atom stereocenters. The zero-order valence-corrected chi connectivity index (χ0v) is 22.0. The second-order valence-corrected chi connectivity index (χ2v) is 10.0. The van der Waals surface area contributed by atoms with E-state index in [0.29, 0.717) is 17.2 Å². The first kappa shape index (κ1) is 27.5. The van der Waals surface area contributed by atoms with E-state index in [0.717, 1.165) is 36.8 Å². The number of hydrogen-bond donors (Lipinski definition) is 0. The van der Waals surface area contributed by atoms with Crippen LogP contribution in [0, 0.1) is 5.41 Å². The lowest BCUT2D eigenvalue weighted by molar-refractivity contribution is -0.152. The van der Waals surface area contributed by atoms with Crippen molar-refractivity contribution in [1.82, 2.24) is 9.55 Å². The summed E-state index contributed by atoms with van der Waals surface area (Å²) >= 11 is 5.99. The van der Waals surface area contributed by atoms with E-state index in [1.165, 1.54) is 6.42 Å². The maximum Gasteiger partial charge on any atom is 0.305 e. The molecule has 3 rings (SSSR count). The van der Waals surface area contributed by atoms with E-state index in [9.17, 15) is 9.59 Å². The minimum atomic E-state index is -0.948. The third-order valence-electron chi connectivity index (χ3n) is 6.05. The monoisotopic (exact) mass is 510 g/mol. The number of imidazole rings is 1. The fraction of sp³-hybridized carbons (Fsp3) is 0.414. The first-order valence-corrected chi connectivity index (χ1v) is 12.9.